The van der Waals surface area contributed by atoms with Gasteiger partial charge in [0.2, 0.25) is 0 Å². The number of hydrogen-bond acceptors (Lipinski definition) is 5. The van der Waals surface area contributed by atoms with Crippen molar-refractivity contribution in [1.82, 2.24) is 5.32 Å². The first kappa shape index (κ1) is 15.5. The van der Waals surface area contributed by atoms with E-state index in [1.807, 2.05) is 13.0 Å². The Bertz CT molecular complexity index is 456. The summed E-state index contributed by atoms with van der Waals surface area (Å²) in [5.74, 6) is -0.762. The molecule has 1 rings (SSSR count). The molecular formula is C12H18N2O4S. The van der Waals surface area contributed by atoms with Gasteiger partial charge < -0.3 is 15.2 Å². The maximum absolute atomic E-state index is 11.6. The highest BCUT2D eigenvalue weighted by atomic mass is 32.1. The maximum atomic E-state index is 11.6. The lowest BCUT2D eigenvalue weighted by atomic mass is 10.1. The van der Waals surface area contributed by atoms with Crippen molar-refractivity contribution >= 4 is 28.3 Å². The third-order valence-electron chi connectivity index (χ3n) is 2.29. The molecule has 0 bridgehead atoms. The van der Waals surface area contributed by atoms with Crippen LogP contribution in [0.25, 0.3) is 0 Å². The molecular weight excluding hydrogens is 268 g/mol. The number of ether oxygens (including phenoxy) is 1. The molecule has 106 valence electrons. The van der Waals surface area contributed by atoms with Crippen LogP contribution in [0.3, 0.4) is 0 Å². The van der Waals surface area contributed by atoms with Gasteiger partial charge in [0.05, 0.1) is 18.2 Å². The first-order valence-electron chi connectivity index (χ1n) is 5.86. The van der Waals surface area contributed by atoms with Gasteiger partial charge in [-0.05, 0) is 32.9 Å². The van der Waals surface area contributed by atoms with Crippen LogP contribution in [-0.2, 0) is 9.53 Å². The zero-order valence-electron chi connectivity index (χ0n) is 11.1. The van der Waals surface area contributed by atoms with Crippen LogP contribution in [0.5, 0.6) is 0 Å². The van der Waals surface area contributed by atoms with Gasteiger partial charge in [-0.15, -0.1) is 11.3 Å². The molecule has 0 saturated heterocycles. The maximum Gasteiger partial charge on any atom is 0.339 e. The number of aliphatic hydroxyl groups is 1. The standard InChI is InChI=1S/C12H18N2O4S/c1-4-18-10(15)12(3,17)7-13-11(16)14-9-6-5-8(2)19-9/h5-6,17H,4,7H2,1-3H3,(H2,13,14,16). The Kier molecular flexibility index (Phi) is 5.31. The van der Waals surface area contributed by atoms with Crippen molar-refractivity contribution in [3.63, 3.8) is 0 Å². The number of carbonyl (C=O) groups excluding carboxylic acids is 2. The van der Waals surface area contributed by atoms with Crippen LogP contribution in [-0.4, -0.2) is 35.9 Å². The molecule has 1 aromatic heterocycles. The summed E-state index contributed by atoms with van der Waals surface area (Å²) in [4.78, 5) is 24.0. The Hall–Kier alpha value is -1.60. The monoisotopic (exact) mass is 286 g/mol. The van der Waals surface area contributed by atoms with Gasteiger partial charge in [-0.1, -0.05) is 0 Å². The topological polar surface area (TPSA) is 87.7 Å². The van der Waals surface area contributed by atoms with Crippen molar-refractivity contribution in [2.45, 2.75) is 26.4 Å². The first-order chi connectivity index (χ1) is 8.85. The Labute approximate surface area is 115 Å². The smallest absolute Gasteiger partial charge is 0.339 e. The highest BCUT2D eigenvalue weighted by Crippen LogP contribution is 2.20. The van der Waals surface area contributed by atoms with E-state index < -0.39 is 17.6 Å². The van der Waals surface area contributed by atoms with Crippen LogP contribution in [0.4, 0.5) is 9.80 Å². The van der Waals surface area contributed by atoms with Crippen LogP contribution >= 0.6 is 11.3 Å². The minimum atomic E-state index is -1.74. The summed E-state index contributed by atoms with van der Waals surface area (Å²) in [7, 11) is 0. The number of amides is 2. The van der Waals surface area contributed by atoms with E-state index in [0.29, 0.717) is 5.00 Å². The molecule has 1 heterocycles. The second-order valence-corrected chi connectivity index (χ2v) is 5.50. The molecule has 0 spiro atoms. The number of anilines is 1. The quantitative estimate of drug-likeness (QED) is 0.716. The largest absolute Gasteiger partial charge is 0.464 e. The minimum absolute atomic E-state index is 0.176. The van der Waals surface area contributed by atoms with E-state index >= 15 is 0 Å². The van der Waals surface area contributed by atoms with Crippen LogP contribution in [0.15, 0.2) is 12.1 Å². The summed E-state index contributed by atoms with van der Waals surface area (Å²) in [6.07, 6.45) is 0. The number of rotatable bonds is 5. The van der Waals surface area contributed by atoms with Crippen LogP contribution in [0.1, 0.15) is 18.7 Å². The van der Waals surface area contributed by atoms with Crippen LogP contribution in [0, 0.1) is 6.92 Å². The Balaban J connectivity index is 2.43. The van der Waals surface area contributed by atoms with E-state index in [2.05, 4.69) is 10.6 Å². The Morgan fingerprint density at radius 2 is 2.16 bits per heavy atom. The second-order valence-electron chi connectivity index (χ2n) is 4.21. The van der Waals surface area contributed by atoms with Gasteiger partial charge in [-0.2, -0.15) is 0 Å². The SMILES string of the molecule is CCOC(=O)C(C)(O)CNC(=O)Nc1ccc(C)s1. The fourth-order valence-electron chi connectivity index (χ4n) is 1.27. The molecule has 6 nitrogen and oxygen atoms in total. The van der Waals surface area contributed by atoms with Crippen molar-refractivity contribution in [2.24, 2.45) is 0 Å². The molecule has 0 aliphatic carbocycles. The number of aryl methyl sites for hydroxylation is 1. The summed E-state index contributed by atoms with van der Waals surface area (Å²) in [6, 6.07) is 3.18. The Morgan fingerprint density at radius 3 is 2.68 bits per heavy atom. The van der Waals surface area contributed by atoms with Crippen molar-refractivity contribution in [1.29, 1.82) is 0 Å². The summed E-state index contributed by atoms with van der Waals surface area (Å²) in [5, 5.41) is 15.6. The molecule has 19 heavy (non-hydrogen) atoms. The second kappa shape index (κ2) is 6.53. The molecule has 0 fully saturated rings. The van der Waals surface area contributed by atoms with E-state index in [0.717, 1.165) is 4.88 Å². The number of hydrogen-bond donors (Lipinski definition) is 3. The molecule has 2 amide bonds. The van der Waals surface area contributed by atoms with E-state index in [1.165, 1.54) is 18.3 Å². The first-order valence-corrected chi connectivity index (χ1v) is 6.67. The van der Waals surface area contributed by atoms with Crippen LogP contribution in [0.2, 0.25) is 0 Å². The molecule has 3 N–H and O–H groups in total. The molecule has 0 aliphatic heterocycles. The zero-order chi connectivity index (χ0) is 14.5. The van der Waals surface area contributed by atoms with Gasteiger partial charge in [-0.25, -0.2) is 9.59 Å². The molecule has 1 atom stereocenters. The van der Waals surface area contributed by atoms with E-state index in [1.54, 1.807) is 13.0 Å². The Morgan fingerprint density at radius 1 is 1.47 bits per heavy atom. The lowest BCUT2D eigenvalue weighted by molar-refractivity contribution is -0.162. The third kappa shape index (κ3) is 4.88. The number of urea groups is 1. The summed E-state index contributed by atoms with van der Waals surface area (Å²) < 4.78 is 4.70. The van der Waals surface area contributed by atoms with E-state index in [4.69, 9.17) is 4.74 Å². The number of thiophene rings is 1. The lowest BCUT2D eigenvalue weighted by Gasteiger charge is -2.21. The fourth-order valence-corrected chi connectivity index (χ4v) is 2.03. The molecule has 0 aromatic carbocycles. The van der Waals surface area contributed by atoms with Crippen molar-refractivity contribution in [3.8, 4) is 0 Å². The average molecular weight is 286 g/mol. The minimum Gasteiger partial charge on any atom is -0.464 e. The zero-order valence-corrected chi connectivity index (χ0v) is 12.0. The number of esters is 1. The van der Waals surface area contributed by atoms with Gasteiger partial charge in [0, 0.05) is 4.88 Å². The average Bonchev–Trinajstić information content (AvgIpc) is 2.72. The predicted molar refractivity (Wildman–Crippen MR) is 73.3 cm³/mol. The summed E-state index contributed by atoms with van der Waals surface area (Å²) >= 11 is 1.44. The lowest BCUT2D eigenvalue weighted by Crippen LogP contribution is -2.48. The number of nitrogens with one attached hydrogen (secondary N) is 2. The van der Waals surface area contributed by atoms with E-state index in [-0.39, 0.29) is 13.2 Å². The van der Waals surface area contributed by atoms with Gasteiger partial charge in [0.1, 0.15) is 0 Å². The third-order valence-corrected chi connectivity index (χ3v) is 3.20. The van der Waals surface area contributed by atoms with E-state index in [9.17, 15) is 14.7 Å². The molecule has 1 aromatic rings. The molecule has 0 radical (unpaired) electrons. The normalized spacial score (nSPS) is 13.5. The molecule has 1 unspecified atom stereocenters. The highest BCUT2D eigenvalue weighted by molar-refractivity contribution is 7.16. The number of carbonyl (C=O) groups is 2. The highest BCUT2D eigenvalue weighted by Gasteiger charge is 2.32. The van der Waals surface area contributed by atoms with Crippen molar-refractivity contribution in [2.75, 3.05) is 18.5 Å². The van der Waals surface area contributed by atoms with Gasteiger partial charge in [-0.3, -0.25) is 5.32 Å². The fraction of sp³-hybridized carbons (Fsp3) is 0.500. The van der Waals surface area contributed by atoms with Crippen molar-refractivity contribution in [3.05, 3.63) is 17.0 Å². The summed E-state index contributed by atoms with van der Waals surface area (Å²) in [6.45, 7) is 4.82. The summed E-state index contributed by atoms with van der Waals surface area (Å²) in [5.41, 5.74) is -1.74. The molecule has 0 saturated carbocycles. The van der Waals surface area contributed by atoms with Crippen LogP contribution < -0.4 is 10.6 Å². The van der Waals surface area contributed by atoms with Gasteiger partial charge in [0.15, 0.2) is 5.60 Å². The molecule has 7 heteroatoms. The van der Waals surface area contributed by atoms with Gasteiger partial charge in [0.25, 0.3) is 0 Å². The predicted octanol–water partition coefficient (Wildman–Crippen LogP) is 1.49. The molecule has 0 aliphatic rings. The van der Waals surface area contributed by atoms with Crippen molar-refractivity contribution < 1.29 is 19.4 Å². The van der Waals surface area contributed by atoms with Gasteiger partial charge >= 0.3 is 12.0 Å².